The molecule has 1 aliphatic rings. The van der Waals surface area contributed by atoms with Crippen molar-refractivity contribution >= 4 is 17.3 Å². The Morgan fingerprint density at radius 2 is 2.30 bits per heavy atom. The van der Waals surface area contributed by atoms with Crippen molar-refractivity contribution in [2.75, 3.05) is 29.9 Å². The lowest BCUT2D eigenvalue weighted by Gasteiger charge is -2.32. The molecule has 0 spiro atoms. The van der Waals surface area contributed by atoms with Crippen molar-refractivity contribution < 1.29 is 4.92 Å². The number of hydrogen-bond acceptors (Lipinski definition) is 6. The molecule has 1 unspecified atom stereocenters. The van der Waals surface area contributed by atoms with Crippen LogP contribution in [0.25, 0.3) is 0 Å². The van der Waals surface area contributed by atoms with Crippen LogP contribution >= 0.6 is 0 Å². The van der Waals surface area contributed by atoms with E-state index in [1.54, 1.807) is 0 Å². The fourth-order valence-corrected chi connectivity index (χ4v) is 2.66. The van der Waals surface area contributed by atoms with Crippen LogP contribution in [-0.2, 0) is 0 Å². The first kappa shape index (κ1) is 14.5. The summed E-state index contributed by atoms with van der Waals surface area (Å²) in [5.74, 6) is 1.33. The van der Waals surface area contributed by atoms with Crippen LogP contribution in [0.15, 0.2) is 6.33 Å². The largest absolute Gasteiger partial charge is 0.364 e. The highest BCUT2D eigenvalue weighted by Crippen LogP contribution is 2.34. The molecule has 1 atom stereocenters. The molecule has 1 aromatic rings. The van der Waals surface area contributed by atoms with E-state index in [0.29, 0.717) is 24.1 Å². The van der Waals surface area contributed by atoms with Crippen molar-refractivity contribution in [3.8, 4) is 0 Å². The molecule has 0 aliphatic carbocycles. The summed E-state index contributed by atoms with van der Waals surface area (Å²) in [4.78, 5) is 21.2. The molecule has 0 amide bonds. The number of nitro groups is 1. The highest BCUT2D eigenvalue weighted by molar-refractivity contribution is 5.70. The lowest BCUT2D eigenvalue weighted by Crippen LogP contribution is -2.36. The highest BCUT2D eigenvalue weighted by atomic mass is 16.6. The van der Waals surface area contributed by atoms with Gasteiger partial charge >= 0.3 is 5.69 Å². The predicted octanol–water partition coefficient (Wildman–Crippen LogP) is 2.44. The number of aromatic nitrogens is 2. The van der Waals surface area contributed by atoms with Gasteiger partial charge in [0.05, 0.1) is 4.92 Å². The Labute approximate surface area is 118 Å². The van der Waals surface area contributed by atoms with Crippen molar-refractivity contribution in [3.05, 3.63) is 16.4 Å². The number of anilines is 2. The van der Waals surface area contributed by atoms with Gasteiger partial charge in [-0.05, 0) is 25.7 Å². The van der Waals surface area contributed by atoms with Crippen molar-refractivity contribution in [1.82, 2.24) is 9.97 Å². The molecule has 0 bridgehead atoms. The molecule has 7 heteroatoms. The van der Waals surface area contributed by atoms with Gasteiger partial charge in [0.25, 0.3) is 0 Å². The minimum atomic E-state index is -0.386. The molecule has 0 aromatic carbocycles. The normalized spacial score (nSPS) is 18.9. The molecule has 7 nitrogen and oxygen atoms in total. The van der Waals surface area contributed by atoms with Gasteiger partial charge in [0, 0.05) is 19.6 Å². The van der Waals surface area contributed by atoms with E-state index in [-0.39, 0.29) is 10.6 Å². The average molecular weight is 279 g/mol. The van der Waals surface area contributed by atoms with Crippen LogP contribution in [0.3, 0.4) is 0 Å². The molecule has 0 saturated carbocycles. The summed E-state index contributed by atoms with van der Waals surface area (Å²) in [7, 11) is 0. The van der Waals surface area contributed by atoms with Crippen molar-refractivity contribution in [2.45, 2.75) is 33.1 Å². The summed E-state index contributed by atoms with van der Waals surface area (Å²) < 4.78 is 0. The van der Waals surface area contributed by atoms with Crippen LogP contribution in [0.1, 0.15) is 33.1 Å². The molecule has 0 radical (unpaired) electrons. The molecule has 110 valence electrons. The molecular formula is C13H21N5O2. The van der Waals surface area contributed by atoms with Crippen LogP contribution < -0.4 is 10.2 Å². The Kier molecular flexibility index (Phi) is 4.70. The van der Waals surface area contributed by atoms with E-state index in [1.165, 1.54) is 12.7 Å². The van der Waals surface area contributed by atoms with E-state index >= 15 is 0 Å². The average Bonchev–Trinajstić information content (AvgIpc) is 2.47. The maximum Gasteiger partial charge on any atom is 0.353 e. The summed E-state index contributed by atoms with van der Waals surface area (Å²) in [5.41, 5.74) is -0.00824. The fourth-order valence-electron chi connectivity index (χ4n) is 2.66. The monoisotopic (exact) mass is 279 g/mol. The second-order valence-corrected chi connectivity index (χ2v) is 5.04. The fraction of sp³-hybridized carbons (Fsp3) is 0.692. The summed E-state index contributed by atoms with van der Waals surface area (Å²) in [6, 6.07) is 0. The molecule has 1 fully saturated rings. The van der Waals surface area contributed by atoms with E-state index in [9.17, 15) is 10.1 Å². The summed E-state index contributed by atoms with van der Waals surface area (Å²) in [5, 5.41) is 14.3. The maximum atomic E-state index is 11.4. The first-order valence-electron chi connectivity index (χ1n) is 7.15. The van der Waals surface area contributed by atoms with Gasteiger partial charge in [0.1, 0.15) is 6.33 Å². The van der Waals surface area contributed by atoms with E-state index in [2.05, 4.69) is 22.2 Å². The molecule has 1 N–H and O–H groups in total. The van der Waals surface area contributed by atoms with Gasteiger partial charge in [0.2, 0.25) is 11.6 Å². The highest BCUT2D eigenvalue weighted by Gasteiger charge is 2.29. The van der Waals surface area contributed by atoms with Crippen LogP contribution in [0, 0.1) is 16.0 Å². The Balaban J connectivity index is 2.34. The second-order valence-electron chi connectivity index (χ2n) is 5.04. The third-order valence-electron chi connectivity index (χ3n) is 3.73. The van der Waals surface area contributed by atoms with E-state index in [1.807, 2.05) is 11.8 Å². The molecule has 1 saturated heterocycles. The quantitative estimate of drug-likeness (QED) is 0.658. The summed E-state index contributed by atoms with van der Waals surface area (Å²) in [6.45, 7) is 6.29. The number of nitrogens with one attached hydrogen (secondary N) is 1. The number of piperidine rings is 1. The Hall–Kier alpha value is -1.92. The van der Waals surface area contributed by atoms with Gasteiger partial charge in [-0.25, -0.2) is 9.97 Å². The van der Waals surface area contributed by atoms with Gasteiger partial charge in [-0.2, -0.15) is 0 Å². The SMILES string of the molecule is CCNc1ncnc(N2CCCC(CC)C2)c1[N+](=O)[O-]. The van der Waals surface area contributed by atoms with Crippen molar-refractivity contribution in [2.24, 2.45) is 5.92 Å². The lowest BCUT2D eigenvalue weighted by molar-refractivity contribution is -0.383. The van der Waals surface area contributed by atoms with Gasteiger partial charge in [0.15, 0.2) is 0 Å². The third kappa shape index (κ3) is 2.97. The molecular weight excluding hydrogens is 258 g/mol. The Morgan fingerprint density at radius 3 is 2.95 bits per heavy atom. The van der Waals surface area contributed by atoms with E-state index < -0.39 is 0 Å². The minimum absolute atomic E-state index is 0.00824. The van der Waals surface area contributed by atoms with E-state index in [0.717, 1.165) is 25.9 Å². The number of hydrogen-bond donors (Lipinski definition) is 1. The van der Waals surface area contributed by atoms with Gasteiger partial charge in [-0.1, -0.05) is 13.3 Å². The summed E-state index contributed by atoms with van der Waals surface area (Å²) in [6.07, 6.45) is 4.73. The minimum Gasteiger partial charge on any atom is -0.364 e. The molecule has 2 heterocycles. The van der Waals surface area contributed by atoms with Crippen LogP contribution in [0.2, 0.25) is 0 Å². The van der Waals surface area contributed by atoms with Gasteiger partial charge in [-0.3, -0.25) is 10.1 Å². The maximum absolute atomic E-state index is 11.4. The van der Waals surface area contributed by atoms with Gasteiger partial charge < -0.3 is 10.2 Å². The van der Waals surface area contributed by atoms with E-state index in [4.69, 9.17) is 0 Å². The third-order valence-corrected chi connectivity index (χ3v) is 3.73. The first-order valence-corrected chi connectivity index (χ1v) is 7.15. The molecule has 1 aliphatic heterocycles. The van der Waals surface area contributed by atoms with Crippen LogP contribution in [-0.4, -0.2) is 34.5 Å². The zero-order valence-electron chi connectivity index (χ0n) is 12.0. The van der Waals surface area contributed by atoms with Crippen molar-refractivity contribution in [3.63, 3.8) is 0 Å². The zero-order valence-corrected chi connectivity index (χ0v) is 12.0. The standard InChI is InChI=1S/C13H21N5O2/c1-3-10-6-5-7-17(8-10)13-11(18(19)20)12(14-4-2)15-9-16-13/h9-10H,3-8H2,1-2H3,(H,14,15,16). The predicted molar refractivity (Wildman–Crippen MR) is 78.1 cm³/mol. The first-order chi connectivity index (χ1) is 9.67. The van der Waals surface area contributed by atoms with Crippen molar-refractivity contribution in [1.29, 1.82) is 0 Å². The lowest BCUT2D eigenvalue weighted by atomic mass is 9.95. The number of nitrogens with zero attached hydrogens (tertiary/aromatic N) is 4. The second kappa shape index (κ2) is 6.49. The smallest absolute Gasteiger partial charge is 0.353 e. The Morgan fingerprint density at radius 1 is 1.50 bits per heavy atom. The Bertz CT molecular complexity index is 480. The van der Waals surface area contributed by atoms with Crippen LogP contribution in [0.4, 0.5) is 17.3 Å². The topological polar surface area (TPSA) is 84.2 Å². The van der Waals surface area contributed by atoms with Crippen LogP contribution in [0.5, 0.6) is 0 Å². The zero-order chi connectivity index (χ0) is 14.5. The molecule has 20 heavy (non-hydrogen) atoms. The number of rotatable bonds is 5. The molecule has 2 rings (SSSR count). The van der Waals surface area contributed by atoms with Gasteiger partial charge in [-0.15, -0.1) is 0 Å². The summed E-state index contributed by atoms with van der Waals surface area (Å²) >= 11 is 0. The molecule has 1 aromatic heterocycles.